The van der Waals surface area contributed by atoms with Gasteiger partial charge in [-0.3, -0.25) is 14.3 Å². The molecule has 20 heavy (non-hydrogen) atoms. The van der Waals surface area contributed by atoms with Crippen LogP contribution in [0.3, 0.4) is 0 Å². The van der Waals surface area contributed by atoms with Gasteiger partial charge in [-0.2, -0.15) is 5.10 Å². The molecule has 2 aromatic heterocycles. The Morgan fingerprint density at radius 1 is 1.30 bits per heavy atom. The molecule has 2 aromatic rings. The van der Waals surface area contributed by atoms with Gasteiger partial charge in [-0.25, -0.2) is 4.98 Å². The Labute approximate surface area is 116 Å². The van der Waals surface area contributed by atoms with Crippen LogP contribution in [-0.2, 0) is 11.8 Å². The minimum absolute atomic E-state index is 0.125. The lowest BCUT2D eigenvalue weighted by Gasteiger charge is -2.07. The van der Waals surface area contributed by atoms with Crippen LogP contribution in [0.2, 0.25) is 0 Å². The molecule has 0 atom stereocenters. The zero-order valence-electron chi connectivity index (χ0n) is 11.3. The second kappa shape index (κ2) is 5.96. The molecule has 2 heterocycles. The number of carbonyl (C=O) groups excluding carboxylic acids is 2. The van der Waals surface area contributed by atoms with Gasteiger partial charge < -0.3 is 10.6 Å². The molecule has 7 nitrogen and oxygen atoms in total. The van der Waals surface area contributed by atoms with E-state index in [1.807, 2.05) is 13.0 Å². The quantitative estimate of drug-likeness (QED) is 0.848. The van der Waals surface area contributed by atoms with Crippen LogP contribution in [0.15, 0.2) is 30.5 Å². The molecule has 0 saturated heterocycles. The Hall–Kier alpha value is -2.70. The lowest BCUT2D eigenvalue weighted by molar-refractivity contribution is -0.115. The highest BCUT2D eigenvalue weighted by atomic mass is 16.2. The van der Waals surface area contributed by atoms with E-state index < -0.39 is 0 Å². The number of carbonyl (C=O) groups is 2. The first-order valence-electron chi connectivity index (χ1n) is 6.06. The molecule has 2 rings (SSSR count). The van der Waals surface area contributed by atoms with Gasteiger partial charge in [0.15, 0.2) is 0 Å². The zero-order valence-corrected chi connectivity index (χ0v) is 11.3. The second-order valence-corrected chi connectivity index (χ2v) is 4.24. The molecule has 0 radical (unpaired) electrons. The van der Waals surface area contributed by atoms with E-state index in [-0.39, 0.29) is 18.4 Å². The van der Waals surface area contributed by atoms with Gasteiger partial charge in [0, 0.05) is 18.9 Å². The molecule has 0 bridgehead atoms. The van der Waals surface area contributed by atoms with Gasteiger partial charge in [0.2, 0.25) is 5.91 Å². The number of hydrogen-bond acceptors (Lipinski definition) is 4. The van der Waals surface area contributed by atoms with Crippen LogP contribution >= 0.6 is 0 Å². The SMILES string of the molecule is Cc1cccc(NC(=O)CNC(=O)c2ccnn2C)n1. The van der Waals surface area contributed by atoms with Crippen molar-refractivity contribution in [2.24, 2.45) is 7.05 Å². The monoisotopic (exact) mass is 273 g/mol. The average Bonchev–Trinajstić information content (AvgIpc) is 2.82. The number of nitrogens with zero attached hydrogens (tertiary/aromatic N) is 3. The van der Waals surface area contributed by atoms with Crippen LogP contribution in [0.5, 0.6) is 0 Å². The fourth-order valence-corrected chi connectivity index (χ4v) is 1.65. The van der Waals surface area contributed by atoms with Crippen molar-refractivity contribution in [2.75, 3.05) is 11.9 Å². The van der Waals surface area contributed by atoms with Gasteiger partial charge in [-0.1, -0.05) is 6.07 Å². The molecule has 2 amide bonds. The number of aromatic nitrogens is 3. The summed E-state index contributed by atoms with van der Waals surface area (Å²) in [6.45, 7) is 1.71. The predicted octanol–water partition coefficient (Wildman–Crippen LogP) is 0.492. The van der Waals surface area contributed by atoms with Gasteiger partial charge in [0.1, 0.15) is 11.5 Å². The molecule has 0 unspecified atom stereocenters. The van der Waals surface area contributed by atoms with Crippen LogP contribution in [0, 0.1) is 6.92 Å². The van der Waals surface area contributed by atoms with E-state index >= 15 is 0 Å². The van der Waals surface area contributed by atoms with E-state index in [1.54, 1.807) is 25.2 Å². The normalized spacial score (nSPS) is 10.1. The maximum atomic E-state index is 11.8. The Morgan fingerprint density at radius 2 is 2.10 bits per heavy atom. The maximum Gasteiger partial charge on any atom is 0.269 e. The number of amides is 2. The summed E-state index contributed by atoms with van der Waals surface area (Å²) in [4.78, 5) is 27.6. The highest BCUT2D eigenvalue weighted by molar-refractivity contribution is 5.98. The number of nitrogens with one attached hydrogen (secondary N) is 2. The van der Waals surface area contributed by atoms with Gasteiger partial charge in [-0.05, 0) is 25.1 Å². The first-order chi connectivity index (χ1) is 9.56. The van der Waals surface area contributed by atoms with Crippen molar-refractivity contribution in [3.63, 3.8) is 0 Å². The largest absolute Gasteiger partial charge is 0.342 e. The molecule has 0 aliphatic rings. The summed E-state index contributed by atoms with van der Waals surface area (Å²) in [7, 11) is 1.66. The topological polar surface area (TPSA) is 88.9 Å². The summed E-state index contributed by atoms with van der Waals surface area (Å²) in [5.74, 6) is -0.222. The van der Waals surface area contributed by atoms with Crippen molar-refractivity contribution in [1.82, 2.24) is 20.1 Å². The number of aryl methyl sites for hydroxylation is 2. The molecule has 0 aromatic carbocycles. The van der Waals surface area contributed by atoms with Gasteiger partial charge >= 0.3 is 0 Å². The van der Waals surface area contributed by atoms with Crippen molar-refractivity contribution >= 4 is 17.6 Å². The molecule has 0 fully saturated rings. The van der Waals surface area contributed by atoms with E-state index in [2.05, 4.69) is 20.7 Å². The van der Waals surface area contributed by atoms with Gasteiger partial charge in [0.05, 0.1) is 6.54 Å². The van der Waals surface area contributed by atoms with Crippen LogP contribution in [0.4, 0.5) is 5.82 Å². The fourth-order valence-electron chi connectivity index (χ4n) is 1.65. The number of hydrogen-bond donors (Lipinski definition) is 2. The summed E-state index contributed by atoms with van der Waals surface area (Å²) < 4.78 is 1.44. The fraction of sp³-hybridized carbons (Fsp3) is 0.231. The zero-order chi connectivity index (χ0) is 14.5. The minimum atomic E-state index is -0.350. The van der Waals surface area contributed by atoms with Gasteiger partial charge in [-0.15, -0.1) is 0 Å². The molecule has 0 aliphatic carbocycles. The number of rotatable bonds is 4. The number of anilines is 1. The van der Waals surface area contributed by atoms with E-state index in [0.717, 1.165) is 5.69 Å². The van der Waals surface area contributed by atoms with Crippen LogP contribution in [0.25, 0.3) is 0 Å². The average molecular weight is 273 g/mol. The number of pyridine rings is 1. The van der Waals surface area contributed by atoms with E-state index in [0.29, 0.717) is 11.5 Å². The Kier molecular flexibility index (Phi) is 4.09. The summed E-state index contributed by atoms with van der Waals surface area (Å²) >= 11 is 0. The van der Waals surface area contributed by atoms with Crippen molar-refractivity contribution in [3.05, 3.63) is 41.9 Å². The standard InChI is InChI=1S/C13H15N5O2/c1-9-4-3-5-11(16-9)17-12(19)8-14-13(20)10-6-7-15-18(10)2/h3-7H,8H2,1-2H3,(H,14,20)(H,16,17,19). The Morgan fingerprint density at radius 3 is 2.75 bits per heavy atom. The lowest BCUT2D eigenvalue weighted by Crippen LogP contribution is -2.34. The van der Waals surface area contributed by atoms with Crippen molar-refractivity contribution in [3.8, 4) is 0 Å². The summed E-state index contributed by atoms with van der Waals surface area (Å²) in [6, 6.07) is 6.90. The predicted molar refractivity (Wildman–Crippen MR) is 73.1 cm³/mol. The highest BCUT2D eigenvalue weighted by Gasteiger charge is 2.11. The van der Waals surface area contributed by atoms with E-state index in [9.17, 15) is 9.59 Å². The smallest absolute Gasteiger partial charge is 0.269 e. The second-order valence-electron chi connectivity index (χ2n) is 4.24. The summed E-state index contributed by atoms with van der Waals surface area (Å²) in [5, 5.41) is 9.02. The van der Waals surface area contributed by atoms with E-state index in [4.69, 9.17) is 0 Å². The van der Waals surface area contributed by atoms with Gasteiger partial charge in [0.25, 0.3) is 5.91 Å². The molecular weight excluding hydrogens is 258 g/mol. The molecule has 0 aliphatic heterocycles. The minimum Gasteiger partial charge on any atom is -0.342 e. The van der Waals surface area contributed by atoms with E-state index in [1.165, 1.54) is 10.9 Å². The van der Waals surface area contributed by atoms with Crippen LogP contribution in [-0.4, -0.2) is 33.1 Å². The molecule has 0 spiro atoms. The first kappa shape index (κ1) is 13.7. The first-order valence-corrected chi connectivity index (χ1v) is 6.06. The van der Waals surface area contributed by atoms with Crippen molar-refractivity contribution in [1.29, 1.82) is 0 Å². The molecule has 2 N–H and O–H groups in total. The van der Waals surface area contributed by atoms with Crippen LogP contribution < -0.4 is 10.6 Å². The third-order valence-electron chi connectivity index (χ3n) is 2.62. The molecular formula is C13H15N5O2. The summed E-state index contributed by atoms with van der Waals surface area (Å²) in [6.07, 6.45) is 1.52. The summed E-state index contributed by atoms with van der Waals surface area (Å²) in [5.41, 5.74) is 1.20. The third-order valence-corrected chi connectivity index (χ3v) is 2.62. The van der Waals surface area contributed by atoms with Crippen molar-refractivity contribution < 1.29 is 9.59 Å². The lowest BCUT2D eigenvalue weighted by atomic mass is 10.3. The van der Waals surface area contributed by atoms with Crippen molar-refractivity contribution in [2.45, 2.75) is 6.92 Å². The maximum absolute atomic E-state index is 11.8. The highest BCUT2D eigenvalue weighted by Crippen LogP contribution is 2.03. The third kappa shape index (κ3) is 3.41. The molecule has 7 heteroatoms. The Bertz CT molecular complexity index is 635. The van der Waals surface area contributed by atoms with Crippen LogP contribution in [0.1, 0.15) is 16.2 Å². The molecule has 0 saturated carbocycles. The Balaban J connectivity index is 1.87. The molecule has 104 valence electrons.